The van der Waals surface area contributed by atoms with E-state index in [1.54, 1.807) is 0 Å². The summed E-state index contributed by atoms with van der Waals surface area (Å²) in [5.74, 6) is 0. The summed E-state index contributed by atoms with van der Waals surface area (Å²) in [6.07, 6.45) is 3.60. The number of hydrogen-bond donors (Lipinski definition) is 1. The molecule has 4 rings (SSSR count). The van der Waals surface area contributed by atoms with Crippen LogP contribution in [0.1, 0.15) is 29.0 Å². The number of likely N-dealkylation sites (tertiary alicyclic amines) is 1. The molecular formula is C19H31N3O2S. The van der Waals surface area contributed by atoms with Crippen molar-refractivity contribution >= 4 is 11.3 Å². The lowest BCUT2D eigenvalue weighted by Gasteiger charge is -2.28. The summed E-state index contributed by atoms with van der Waals surface area (Å²) in [5.41, 5.74) is 0. The zero-order valence-corrected chi connectivity index (χ0v) is 15.9. The maximum Gasteiger partial charge on any atom is 0.0950 e. The summed E-state index contributed by atoms with van der Waals surface area (Å²) in [5, 5.41) is 10.1. The predicted octanol–water partition coefficient (Wildman–Crippen LogP) is 1.61. The minimum Gasteiger partial charge on any atom is -0.389 e. The van der Waals surface area contributed by atoms with Gasteiger partial charge < -0.3 is 9.84 Å². The molecular weight excluding hydrogens is 334 g/mol. The molecule has 1 aromatic rings. The van der Waals surface area contributed by atoms with Crippen molar-refractivity contribution in [3.8, 4) is 0 Å². The molecule has 0 radical (unpaired) electrons. The highest BCUT2D eigenvalue weighted by Gasteiger charge is 2.32. The van der Waals surface area contributed by atoms with Crippen molar-refractivity contribution in [2.24, 2.45) is 0 Å². The van der Waals surface area contributed by atoms with Crippen LogP contribution in [0.3, 0.4) is 0 Å². The number of aliphatic hydroxyl groups is 1. The average molecular weight is 366 g/mol. The molecule has 1 aromatic heterocycles. The molecule has 0 spiro atoms. The van der Waals surface area contributed by atoms with Crippen LogP contribution in [-0.2, 0) is 17.8 Å². The van der Waals surface area contributed by atoms with Crippen LogP contribution in [0.15, 0.2) is 12.1 Å². The second-order valence-corrected chi connectivity index (χ2v) is 8.94. The quantitative estimate of drug-likeness (QED) is 0.858. The van der Waals surface area contributed by atoms with E-state index in [4.69, 9.17) is 4.74 Å². The molecule has 1 N–H and O–H groups in total. The van der Waals surface area contributed by atoms with E-state index in [1.165, 1.54) is 42.1 Å². The van der Waals surface area contributed by atoms with E-state index >= 15 is 0 Å². The number of ether oxygens (including phenoxy) is 1. The van der Waals surface area contributed by atoms with E-state index in [-0.39, 0.29) is 12.1 Å². The van der Waals surface area contributed by atoms with Crippen LogP contribution in [0.4, 0.5) is 0 Å². The van der Waals surface area contributed by atoms with Gasteiger partial charge in [0.2, 0.25) is 0 Å². The first-order valence-electron chi connectivity index (χ1n) is 9.80. The van der Waals surface area contributed by atoms with Crippen LogP contribution in [-0.4, -0.2) is 84.4 Å². The van der Waals surface area contributed by atoms with Gasteiger partial charge in [-0.25, -0.2) is 0 Å². The molecule has 3 saturated heterocycles. The van der Waals surface area contributed by atoms with Gasteiger partial charge in [0.15, 0.2) is 0 Å². The molecule has 0 aliphatic carbocycles. The van der Waals surface area contributed by atoms with Crippen LogP contribution in [0.2, 0.25) is 0 Å². The van der Waals surface area contributed by atoms with Crippen molar-refractivity contribution in [1.29, 1.82) is 0 Å². The van der Waals surface area contributed by atoms with E-state index in [0.29, 0.717) is 13.2 Å². The molecule has 0 unspecified atom stereocenters. The molecule has 3 aliphatic heterocycles. The highest BCUT2D eigenvalue weighted by molar-refractivity contribution is 7.11. The summed E-state index contributed by atoms with van der Waals surface area (Å²) in [6, 6.07) is 4.86. The summed E-state index contributed by atoms with van der Waals surface area (Å²) >= 11 is 1.99. The Morgan fingerprint density at radius 1 is 0.880 bits per heavy atom. The van der Waals surface area contributed by atoms with E-state index in [9.17, 15) is 5.11 Å². The Bertz CT molecular complexity index is 547. The van der Waals surface area contributed by atoms with E-state index < -0.39 is 0 Å². The van der Waals surface area contributed by atoms with Gasteiger partial charge in [-0.3, -0.25) is 14.7 Å². The fourth-order valence-corrected chi connectivity index (χ4v) is 5.44. The summed E-state index contributed by atoms with van der Waals surface area (Å²) < 4.78 is 5.44. The first-order valence-corrected chi connectivity index (χ1v) is 10.6. The van der Waals surface area contributed by atoms with E-state index in [2.05, 4.69) is 26.8 Å². The number of thiophene rings is 1. The molecule has 5 nitrogen and oxygen atoms in total. The second-order valence-electron chi connectivity index (χ2n) is 7.69. The minimum absolute atomic E-state index is 0.203. The van der Waals surface area contributed by atoms with E-state index in [0.717, 1.165) is 39.3 Å². The van der Waals surface area contributed by atoms with Gasteiger partial charge in [0, 0.05) is 35.9 Å². The zero-order chi connectivity index (χ0) is 17.1. The van der Waals surface area contributed by atoms with Crippen molar-refractivity contribution in [3.05, 3.63) is 21.9 Å². The van der Waals surface area contributed by atoms with Crippen molar-refractivity contribution in [3.63, 3.8) is 0 Å². The molecule has 0 aromatic carbocycles. The highest BCUT2D eigenvalue weighted by Crippen LogP contribution is 2.23. The van der Waals surface area contributed by atoms with Crippen molar-refractivity contribution in [2.75, 3.05) is 52.5 Å². The van der Waals surface area contributed by atoms with Gasteiger partial charge in [0.1, 0.15) is 0 Å². The highest BCUT2D eigenvalue weighted by atomic mass is 32.1. The number of rotatable bonds is 5. The number of aliphatic hydroxyl groups excluding tert-OH is 1. The predicted molar refractivity (Wildman–Crippen MR) is 101 cm³/mol. The standard InChI is InChI=1S/C19H31N3O2S/c23-19-15-24-14-18(19)22-9-3-8-21(10-11-22)13-17-5-4-16(25-17)12-20-6-1-2-7-20/h4-5,18-19,23H,1-3,6-15H2/t18-,19-/m1/s1. The van der Waals surface area contributed by atoms with Crippen LogP contribution < -0.4 is 0 Å². The zero-order valence-electron chi connectivity index (χ0n) is 15.1. The fourth-order valence-electron chi connectivity index (χ4n) is 4.33. The molecule has 3 fully saturated rings. The largest absolute Gasteiger partial charge is 0.389 e. The van der Waals surface area contributed by atoms with Crippen LogP contribution in [0.5, 0.6) is 0 Å². The molecule has 6 heteroatoms. The molecule has 4 heterocycles. The summed E-state index contributed by atoms with van der Waals surface area (Å²) in [4.78, 5) is 10.6. The smallest absolute Gasteiger partial charge is 0.0950 e. The van der Waals surface area contributed by atoms with Crippen LogP contribution in [0, 0.1) is 0 Å². The lowest BCUT2D eigenvalue weighted by molar-refractivity contribution is 0.0837. The molecule has 140 valence electrons. The molecule has 0 saturated carbocycles. The van der Waals surface area contributed by atoms with Crippen molar-refractivity contribution < 1.29 is 9.84 Å². The van der Waals surface area contributed by atoms with Crippen LogP contribution >= 0.6 is 11.3 Å². The van der Waals surface area contributed by atoms with Crippen molar-refractivity contribution in [2.45, 2.75) is 44.5 Å². The van der Waals surface area contributed by atoms with E-state index in [1.807, 2.05) is 11.3 Å². The monoisotopic (exact) mass is 365 g/mol. The third-order valence-electron chi connectivity index (χ3n) is 5.79. The molecule has 3 aliphatic rings. The minimum atomic E-state index is -0.308. The normalized spacial score (nSPS) is 30.1. The maximum atomic E-state index is 10.1. The van der Waals surface area contributed by atoms with Crippen molar-refractivity contribution in [1.82, 2.24) is 14.7 Å². The van der Waals surface area contributed by atoms with Gasteiger partial charge in [0.05, 0.1) is 25.4 Å². The SMILES string of the molecule is O[C@@H]1COC[C@H]1N1CCCN(Cc2ccc(CN3CCCC3)s2)CC1. The Labute approximate surface area is 155 Å². The number of hydrogen-bond acceptors (Lipinski definition) is 6. The first-order chi connectivity index (χ1) is 12.3. The van der Waals surface area contributed by atoms with Gasteiger partial charge in [0.25, 0.3) is 0 Å². The maximum absolute atomic E-state index is 10.1. The van der Waals surface area contributed by atoms with Gasteiger partial charge >= 0.3 is 0 Å². The lowest BCUT2D eigenvalue weighted by Crippen LogP contribution is -2.44. The molecule has 0 amide bonds. The summed E-state index contributed by atoms with van der Waals surface area (Å²) in [6.45, 7) is 10.3. The third kappa shape index (κ3) is 4.62. The molecule has 25 heavy (non-hydrogen) atoms. The lowest BCUT2D eigenvalue weighted by atomic mass is 10.2. The Morgan fingerprint density at radius 2 is 1.56 bits per heavy atom. The Hall–Kier alpha value is -0.500. The topological polar surface area (TPSA) is 39.2 Å². The van der Waals surface area contributed by atoms with Crippen LogP contribution in [0.25, 0.3) is 0 Å². The Kier molecular flexibility index (Phi) is 6.05. The summed E-state index contributed by atoms with van der Waals surface area (Å²) in [7, 11) is 0. The Morgan fingerprint density at radius 3 is 2.24 bits per heavy atom. The van der Waals surface area contributed by atoms with Gasteiger partial charge in [-0.15, -0.1) is 11.3 Å². The Balaban J connectivity index is 1.27. The average Bonchev–Trinajstić information content (AvgIpc) is 3.32. The molecule has 0 bridgehead atoms. The fraction of sp³-hybridized carbons (Fsp3) is 0.789. The third-order valence-corrected chi connectivity index (χ3v) is 6.84. The molecule has 2 atom stereocenters. The number of nitrogens with zero attached hydrogens (tertiary/aromatic N) is 3. The van der Waals surface area contributed by atoms with Gasteiger partial charge in [-0.1, -0.05) is 0 Å². The second kappa shape index (κ2) is 8.46. The first kappa shape index (κ1) is 17.9. The van der Waals surface area contributed by atoms with Gasteiger partial charge in [-0.2, -0.15) is 0 Å². The van der Waals surface area contributed by atoms with Gasteiger partial charge in [-0.05, 0) is 57.6 Å².